The molecule has 0 aromatic carbocycles. The summed E-state index contributed by atoms with van der Waals surface area (Å²) in [6.07, 6.45) is 0. The molecule has 1 saturated heterocycles. The van der Waals surface area contributed by atoms with E-state index in [4.69, 9.17) is 4.74 Å². The Morgan fingerprint density at radius 3 is 2.33 bits per heavy atom. The third-order valence-electron chi connectivity index (χ3n) is 1.78. The van der Waals surface area contributed by atoms with Crippen LogP contribution < -0.4 is 5.32 Å². The summed E-state index contributed by atoms with van der Waals surface area (Å²) in [6.45, 7) is 6.25. The second-order valence-electron chi connectivity index (χ2n) is 2.56. The van der Waals surface area contributed by atoms with Crippen molar-refractivity contribution >= 4 is 24.8 Å². The highest BCUT2D eigenvalue weighted by molar-refractivity contribution is 5.85. The van der Waals surface area contributed by atoms with Crippen molar-refractivity contribution < 1.29 is 4.74 Å². The zero-order valence-electron chi connectivity index (χ0n) is 7.41. The summed E-state index contributed by atoms with van der Waals surface area (Å²) >= 11 is 0. The largest absolute Gasteiger partial charge is 0.379 e. The van der Waals surface area contributed by atoms with Gasteiger partial charge in [0.2, 0.25) is 0 Å². The van der Waals surface area contributed by atoms with Gasteiger partial charge in [0.25, 0.3) is 0 Å². The van der Waals surface area contributed by atoms with Gasteiger partial charge in [0.1, 0.15) is 0 Å². The molecule has 1 aliphatic rings. The molecule has 1 heterocycles. The number of ether oxygens (including phenoxy) is 1. The zero-order valence-corrected chi connectivity index (χ0v) is 9.05. The van der Waals surface area contributed by atoms with Crippen LogP contribution in [0.5, 0.6) is 0 Å². The van der Waals surface area contributed by atoms with Gasteiger partial charge in [-0.2, -0.15) is 0 Å². The van der Waals surface area contributed by atoms with E-state index >= 15 is 0 Å². The van der Waals surface area contributed by atoms with Crippen LogP contribution in [0, 0.1) is 0 Å². The van der Waals surface area contributed by atoms with Crippen LogP contribution in [-0.2, 0) is 4.74 Å². The van der Waals surface area contributed by atoms with E-state index in [-0.39, 0.29) is 24.8 Å². The van der Waals surface area contributed by atoms with Crippen molar-refractivity contribution in [3.05, 3.63) is 0 Å². The van der Waals surface area contributed by atoms with Crippen LogP contribution >= 0.6 is 24.8 Å². The van der Waals surface area contributed by atoms with Gasteiger partial charge < -0.3 is 10.1 Å². The Labute approximate surface area is 86.7 Å². The highest BCUT2D eigenvalue weighted by Crippen LogP contribution is 1.94. The first-order valence-corrected chi connectivity index (χ1v) is 3.88. The summed E-state index contributed by atoms with van der Waals surface area (Å²) < 4.78 is 5.22. The van der Waals surface area contributed by atoms with Crippen molar-refractivity contribution in [2.75, 3.05) is 46.4 Å². The SMILES string of the molecule is CNCCN1CCOCC1.Cl.Cl. The van der Waals surface area contributed by atoms with Crippen LogP contribution in [0.3, 0.4) is 0 Å². The highest BCUT2D eigenvalue weighted by atomic mass is 35.5. The summed E-state index contributed by atoms with van der Waals surface area (Å²) in [5.74, 6) is 0. The molecule has 76 valence electrons. The number of nitrogens with one attached hydrogen (secondary N) is 1. The van der Waals surface area contributed by atoms with Crippen LogP contribution in [0.4, 0.5) is 0 Å². The molecule has 0 spiro atoms. The van der Waals surface area contributed by atoms with Gasteiger partial charge in [0.15, 0.2) is 0 Å². The molecule has 0 atom stereocenters. The van der Waals surface area contributed by atoms with Crippen molar-refractivity contribution in [3.63, 3.8) is 0 Å². The minimum Gasteiger partial charge on any atom is -0.379 e. The van der Waals surface area contributed by atoms with Crippen molar-refractivity contribution in [2.45, 2.75) is 0 Å². The molecule has 0 bridgehead atoms. The first-order chi connectivity index (χ1) is 4.93. The number of halogens is 2. The van der Waals surface area contributed by atoms with E-state index in [1.54, 1.807) is 0 Å². The molecule has 1 aliphatic heterocycles. The third-order valence-corrected chi connectivity index (χ3v) is 1.78. The topological polar surface area (TPSA) is 24.5 Å². The van der Waals surface area contributed by atoms with Gasteiger partial charge in [0, 0.05) is 26.2 Å². The fraction of sp³-hybridized carbons (Fsp3) is 1.00. The lowest BCUT2D eigenvalue weighted by Crippen LogP contribution is -2.39. The van der Waals surface area contributed by atoms with Crippen LogP contribution in [0.2, 0.25) is 0 Å². The molecule has 1 N–H and O–H groups in total. The van der Waals surface area contributed by atoms with Crippen molar-refractivity contribution in [2.24, 2.45) is 0 Å². The van der Waals surface area contributed by atoms with Gasteiger partial charge in [-0.1, -0.05) is 0 Å². The monoisotopic (exact) mass is 216 g/mol. The Kier molecular flexibility index (Phi) is 11.9. The normalized spacial score (nSPS) is 17.8. The lowest BCUT2D eigenvalue weighted by atomic mass is 10.4. The van der Waals surface area contributed by atoms with Gasteiger partial charge in [0.05, 0.1) is 13.2 Å². The first kappa shape index (κ1) is 15.0. The van der Waals surface area contributed by atoms with Crippen molar-refractivity contribution in [1.29, 1.82) is 0 Å². The molecule has 1 fully saturated rings. The maximum atomic E-state index is 5.22. The second kappa shape index (κ2) is 9.55. The number of nitrogens with zero attached hydrogens (tertiary/aromatic N) is 1. The van der Waals surface area contributed by atoms with E-state index in [9.17, 15) is 0 Å². The number of hydrogen-bond donors (Lipinski definition) is 1. The molecule has 0 unspecified atom stereocenters. The molecule has 5 heteroatoms. The number of likely N-dealkylation sites (N-methyl/N-ethyl adjacent to an activating group) is 1. The summed E-state index contributed by atoms with van der Waals surface area (Å²) in [6, 6.07) is 0. The third kappa shape index (κ3) is 6.03. The second-order valence-corrected chi connectivity index (χ2v) is 2.56. The van der Waals surface area contributed by atoms with Crippen LogP contribution in [0.1, 0.15) is 0 Å². The molecule has 1 rings (SSSR count). The molecule has 0 saturated carbocycles. The Balaban J connectivity index is 0. The van der Waals surface area contributed by atoms with E-state index in [1.165, 1.54) is 0 Å². The van der Waals surface area contributed by atoms with Crippen molar-refractivity contribution in [3.8, 4) is 0 Å². The summed E-state index contributed by atoms with van der Waals surface area (Å²) in [5, 5.41) is 3.13. The lowest BCUT2D eigenvalue weighted by Gasteiger charge is -2.26. The fourth-order valence-corrected chi connectivity index (χ4v) is 1.09. The van der Waals surface area contributed by atoms with Gasteiger partial charge in [-0.25, -0.2) is 0 Å². The summed E-state index contributed by atoms with van der Waals surface area (Å²) in [4.78, 5) is 2.42. The Morgan fingerprint density at radius 2 is 1.83 bits per heavy atom. The quantitative estimate of drug-likeness (QED) is 0.739. The van der Waals surface area contributed by atoms with Crippen LogP contribution in [-0.4, -0.2) is 51.3 Å². The highest BCUT2D eigenvalue weighted by Gasteiger charge is 2.07. The van der Waals surface area contributed by atoms with E-state index in [2.05, 4.69) is 10.2 Å². The molecular formula is C7H18Cl2N2O. The molecule has 0 amide bonds. The maximum Gasteiger partial charge on any atom is 0.0594 e. The predicted octanol–water partition coefficient (Wildman–Crippen LogP) is 0.382. The van der Waals surface area contributed by atoms with E-state index in [0.717, 1.165) is 39.4 Å². The van der Waals surface area contributed by atoms with Crippen LogP contribution in [0.25, 0.3) is 0 Å². The Morgan fingerprint density at radius 1 is 1.25 bits per heavy atom. The molecule has 0 aromatic heterocycles. The van der Waals surface area contributed by atoms with Crippen molar-refractivity contribution in [1.82, 2.24) is 10.2 Å². The van der Waals surface area contributed by atoms with Gasteiger partial charge in [-0.05, 0) is 7.05 Å². The lowest BCUT2D eigenvalue weighted by molar-refractivity contribution is 0.0386. The number of hydrogen-bond acceptors (Lipinski definition) is 3. The van der Waals surface area contributed by atoms with Crippen LogP contribution in [0.15, 0.2) is 0 Å². The standard InChI is InChI=1S/C7H16N2O.2ClH/c1-8-2-3-9-4-6-10-7-5-9;;/h8H,2-7H2,1H3;2*1H. The van der Waals surface area contributed by atoms with E-state index < -0.39 is 0 Å². The predicted molar refractivity (Wildman–Crippen MR) is 55.7 cm³/mol. The Bertz CT molecular complexity index is 89.5. The minimum atomic E-state index is 0. The van der Waals surface area contributed by atoms with E-state index in [1.807, 2.05) is 7.05 Å². The molecule has 12 heavy (non-hydrogen) atoms. The molecule has 3 nitrogen and oxygen atoms in total. The summed E-state index contributed by atoms with van der Waals surface area (Å²) in [7, 11) is 1.99. The van der Waals surface area contributed by atoms with Gasteiger partial charge >= 0.3 is 0 Å². The van der Waals surface area contributed by atoms with E-state index in [0.29, 0.717) is 0 Å². The smallest absolute Gasteiger partial charge is 0.0594 e. The minimum absolute atomic E-state index is 0. The molecule has 0 aromatic rings. The molecule has 0 aliphatic carbocycles. The Hall–Kier alpha value is 0.460. The summed E-state index contributed by atoms with van der Waals surface area (Å²) in [5.41, 5.74) is 0. The fourth-order valence-electron chi connectivity index (χ4n) is 1.09. The molecular weight excluding hydrogens is 199 g/mol. The average molecular weight is 217 g/mol. The first-order valence-electron chi connectivity index (χ1n) is 3.88. The number of rotatable bonds is 3. The van der Waals surface area contributed by atoms with Gasteiger partial charge in [-0.15, -0.1) is 24.8 Å². The van der Waals surface area contributed by atoms with Gasteiger partial charge in [-0.3, -0.25) is 4.90 Å². The zero-order chi connectivity index (χ0) is 7.23. The average Bonchev–Trinajstić information content (AvgIpc) is 2.03. The maximum absolute atomic E-state index is 5.22. The number of morpholine rings is 1. The molecule has 0 radical (unpaired) electrons.